The van der Waals surface area contributed by atoms with E-state index in [2.05, 4.69) is 17.3 Å². The first kappa shape index (κ1) is 14.5. The summed E-state index contributed by atoms with van der Waals surface area (Å²) in [5.74, 6) is 0.989. The van der Waals surface area contributed by atoms with Gasteiger partial charge >= 0.3 is 0 Å². The highest BCUT2D eigenvalue weighted by Crippen LogP contribution is 2.17. The van der Waals surface area contributed by atoms with E-state index in [-0.39, 0.29) is 0 Å². The lowest BCUT2D eigenvalue weighted by Gasteiger charge is -2.31. The molecule has 0 spiro atoms. The summed E-state index contributed by atoms with van der Waals surface area (Å²) >= 11 is 0. The molecule has 17 heavy (non-hydrogen) atoms. The minimum Gasteiger partial charge on any atom is -0.345 e. The molecule has 1 saturated heterocycles. The van der Waals surface area contributed by atoms with Crippen molar-refractivity contribution in [2.75, 3.05) is 47.3 Å². The number of hydrogen-bond donors (Lipinski definition) is 1. The third-order valence-electron chi connectivity index (χ3n) is 3.61. The normalized spacial score (nSPS) is 18.3. The van der Waals surface area contributed by atoms with E-state index in [4.69, 9.17) is 0 Å². The van der Waals surface area contributed by atoms with E-state index in [9.17, 15) is 4.79 Å². The highest BCUT2D eigenvalue weighted by molar-refractivity contribution is 5.75. The summed E-state index contributed by atoms with van der Waals surface area (Å²) in [5, 5.41) is 3.07. The van der Waals surface area contributed by atoms with Crippen LogP contribution in [-0.4, -0.2) is 63.0 Å². The van der Waals surface area contributed by atoms with Crippen molar-refractivity contribution < 1.29 is 4.79 Å². The van der Waals surface area contributed by atoms with Gasteiger partial charge in [-0.25, -0.2) is 0 Å². The van der Waals surface area contributed by atoms with Crippen molar-refractivity contribution in [3.63, 3.8) is 0 Å². The summed E-state index contributed by atoms with van der Waals surface area (Å²) in [6.45, 7) is 4.21. The van der Waals surface area contributed by atoms with Crippen LogP contribution in [0.3, 0.4) is 0 Å². The third-order valence-corrected chi connectivity index (χ3v) is 3.61. The van der Waals surface area contributed by atoms with Gasteiger partial charge in [0.15, 0.2) is 0 Å². The number of piperidine rings is 1. The predicted molar refractivity (Wildman–Crippen MR) is 71.0 cm³/mol. The number of nitrogens with zero attached hydrogens (tertiary/aromatic N) is 2. The zero-order valence-corrected chi connectivity index (χ0v) is 11.5. The zero-order valence-electron chi connectivity index (χ0n) is 11.5. The average Bonchev–Trinajstić information content (AvgIpc) is 2.32. The Labute approximate surface area is 105 Å². The Kier molecular flexibility index (Phi) is 6.52. The molecule has 0 radical (unpaired) electrons. The second kappa shape index (κ2) is 7.67. The number of nitrogens with one attached hydrogen (secondary N) is 1. The first-order valence-corrected chi connectivity index (χ1v) is 6.70. The number of rotatable bonds is 6. The lowest BCUT2D eigenvalue weighted by Crippen LogP contribution is -2.38. The second-order valence-corrected chi connectivity index (χ2v) is 5.23. The van der Waals surface area contributed by atoms with E-state index in [0.29, 0.717) is 18.2 Å². The predicted octanol–water partition coefficient (Wildman–Crippen LogP) is 0.786. The van der Waals surface area contributed by atoms with Gasteiger partial charge in [-0.15, -0.1) is 0 Å². The molecule has 0 bridgehead atoms. The molecule has 100 valence electrons. The topological polar surface area (TPSA) is 35.6 Å². The van der Waals surface area contributed by atoms with Gasteiger partial charge in [-0.3, -0.25) is 4.79 Å². The molecular formula is C13H27N3O. The van der Waals surface area contributed by atoms with Gasteiger partial charge in [-0.05, 0) is 58.9 Å². The van der Waals surface area contributed by atoms with Gasteiger partial charge in [0.25, 0.3) is 0 Å². The molecule has 1 heterocycles. The van der Waals surface area contributed by atoms with Crippen LogP contribution < -0.4 is 5.32 Å². The van der Waals surface area contributed by atoms with E-state index in [1.54, 1.807) is 0 Å². The molecule has 1 rings (SSSR count). The molecule has 1 N–H and O–H groups in total. The maximum atomic E-state index is 11.8. The summed E-state index contributed by atoms with van der Waals surface area (Å²) in [5.41, 5.74) is 0. The summed E-state index contributed by atoms with van der Waals surface area (Å²) in [4.78, 5) is 16.1. The van der Waals surface area contributed by atoms with Crippen LogP contribution in [0.1, 0.15) is 25.7 Å². The van der Waals surface area contributed by atoms with Crippen molar-refractivity contribution in [1.82, 2.24) is 15.1 Å². The highest BCUT2D eigenvalue weighted by atomic mass is 16.2. The molecule has 0 atom stereocenters. The molecule has 0 aromatic carbocycles. The number of amides is 1. The van der Waals surface area contributed by atoms with E-state index >= 15 is 0 Å². The molecule has 4 nitrogen and oxygen atoms in total. The van der Waals surface area contributed by atoms with Crippen LogP contribution >= 0.6 is 0 Å². The Balaban J connectivity index is 2.19. The fourth-order valence-corrected chi connectivity index (χ4v) is 2.34. The van der Waals surface area contributed by atoms with Crippen molar-refractivity contribution in [2.24, 2.45) is 5.92 Å². The van der Waals surface area contributed by atoms with Crippen LogP contribution in [0.25, 0.3) is 0 Å². The summed E-state index contributed by atoms with van der Waals surface area (Å²) in [6.07, 6.45) is 4.06. The Morgan fingerprint density at radius 2 is 2.06 bits per heavy atom. The van der Waals surface area contributed by atoms with Gasteiger partial charge in [-0.2, -0.15) is 0 Å². The summed E-state index contributed by atoms with van der Waals surface area (Å²) in [6, 6.07) is 0. The van der Waals surface area contributed by atoms with Crippen molar-refractivity contribution in [3.8, 4) is 0 Å². The van der Waals surface area contributed by atoms with Crippen molar-refractivity contribution in [2.45, 2.75) is 25.7 Å². The van der Waals surface area contributed by atoms with E-state index in [0.717, 1.165) is 19.5 Å². The lowest BCUT2D eigenvalue weighted by atomic mass is 9.96. The van der Waals surface area contributed by atoms with Gasteiger partial charge in [0, 0.05) is 20.0 Å². The second-order valence-electron chi connectivity index (χ2n) is 5.23. The highest BCUT2D eigenvalue weighted by Gasteiger charge is 2.19. The van der Waals surface area contributed by atoms with Crippen LogP contribution in [0.5, 0.6) is 0 Å². The Morgan fingerprint density at radius 3 is 2.65 bits per heavy atom. The number of carbonyl (C=O) groups is 1. The van der Waals surface area contributed by atoms with E-state index in [1.165, 1.54) is 25.9 Å². The van der Waals surface area contributed by atoms with Crippen LogP contribution in [-0.2, 0) is 4.79 Å². The molecule has 0 unspecified atom stereocenters. The van der Waals surface area contributed by atoms with Gasteiger partial charge in [0.2, 0.25) is 5.91 Å². The van der Waals surface area contributed by atoms with Gasteiger partial charge < -0.3 is 15.1 Å². The molecule has 0 aromatic rings. The first-order valence-electron chi connectivity index (χ1n) is 6.70. The average molecular weight is 241 g/mol. The quantitative estimate of drug-likeness (QED) is 0.698. The molecule has 0 saturated carbocycles. The Hall–Kier alpha value is -0.610. The monoisotopic (exact) mass is 241 g/mol. The van der Waals surface area contributed by atoms with Crippen LogP contribution in [0.2, 0.25) is 0 Å². The number of carbonyl (C=O) groups excluding carboxylic acids is 1. The zero-order chi connectivity index (χ0) is 12.7. The molecule has 0 aromatic heterocycles. The molecule has 1 amide bonds. The minimum absolute atomic E-state index is 0.291. The summed E-state index contributed by atoms with van der Waals surface area (Å²) in [7, 11) is 6.04. The maximum Gasteiger partial charge on any atom is 0.222 e. The molecule has 1 fully saturated rings. The molecular weight excluding hydrogens is 214 g/mol. The first-order chi connectivity index (χ1) is 8.13. The molecule has 1 aliphatic rings. The third kappa shape index (κ3) is 5.50. The standard InChI is InChI=1S/C13H27N3O/c1-14-8-4-5-13(17)16(3)11-12-6-9-15(2)10-7-12/h12,14H,4-11H2,1-3H3. The fraction of sp³-hybridized carbons (Fsp3) is 0.923. The largest absolute Gasteiger partial charge is 0.345 e. The van der Waals surface area contributed by atoms with Crippen molar-refractivity contribution in [1.29, 1.82) is 0 Å². The van der Waals surface area contributed by atoms with Crippen LogP contribution in [0.15, 0.2) is 0 Å². The summed E-state index contributed by atoms with van der Waals surface area (Å²) < 4.78 is 0. The molecule has 1 aliphatic heterocycles. The number of hydrogen-bond acceptors (Lipinski definition) is 3. The SMILES string of the molecule is CNCCCC(=O)N(C)CC1CCN(C)CC1. The lowest BCUT2D eigenvalue weighted by molar-refractivity contribution is -0.130. The van der Waals surface area contributed by atoms with Gasteiger partial charge in [0.1, 0.15) is 0 Å². The Morgan fingerprint density at radius 1 is 1.41 bits per heavy atom. The maximum absolute atomic E-state index is 11.8. The van der Waals surface area contributed by atoms with E-state index < -0.39 is 0 Å². The van der Waals surface area contributed by atoms with Gasteiger partial charge in [0.05, 0.1) is 0 Å². The smallest absolute Gasteiger partial charge is 0.222 e. The van der Waals surface area contributed by atoms with Crippen molar-refractivity contribution in [3.05, 3.63) is 0 Å². The fourth-order valence-electron chi connectivity index (χ4n) is 2.34. The van der Waals surface area contributed by atoms with Crippen LogP contribution in [0.4, 0.5) is 0 Å². The van der Waals surface area contributed by atoms with E-state index in [1.807, 2.05) is 19.0 Å². The molecule has 0 aliphatic carbocycles. The Bertz CT molecular complexity index is 225. The van der Waals surface area contributed by atoms with Crippen molar-refractivity contribution >= 4 is 5.91 Å². The van der Waals surface area contributed by atoms with Gasteiger partial charge in [-0.1, -0.05) is 0 Å². The minimum atomic E-state index is 0.291. The molecule has 4 heteroatoms. The number of likely N-dealkylation sites (tertiary alicyclic amines) is 1. The van der Waals surface area contributed by atoms with Crippen LogP contribution in [0, 0.1) is 5.92 Å².